The third kappa shape index (κ3) is 2.68. The molecular formula is C13H15N3OS. The molecule has 0 unspecified atom stereocenters. The molecule has 0 saturated carbocycles. The van der Waals surface area contributed by atoms with Gasteiger partial charge in [0.15, 0.2) is 5.13 Å². The van der Waals surface area contributed by atoms with Crippen LogP contribution in [0.2, 0.25) is 0 Å². The summed E-state index contributed by atoms with van der Waals surface area (Å²) in [5.74, 6) is -0.181. The molecule has 4 nitrogen and oxygen atoms in total. The van der Waals surface area contributed by atoms with E-state index in [4.69, 9.17) is 5.73 Å². The summed E-state index contributed by atoms with van der Waals surface area (Å²) in [7, 11) is 0. The Labute approximate surface area is 110 Å². The van der Waals surface area contributed by atoms with Gasteiger partial charge in [-0.1, -0.05) is 0 Å². The zero-order chi connectivity index (χ0) is 13.3. The molecule has 0 aliphatic heterocycles. The maximum absolute atomic E-state index is 12.0. The van der Waals surface area contributed by atoms with Gasteiger partial charge in [0.25, 0.3) is 5.91 Å². The average molecular weight is 261 g/mol. The molecule has 18 heavy (non-hydrogen) atoms. The van der Waals surface area contributed by atoms with Crippen LogP contribution in [-0.2, 0) is 0 Å². The van der Waals surface area contributed by atoms with Gasteiger partial charge in [-0.15, -0.1) is 11.3 Å². The van der Waals surface area contributed by atoms with Crippen molar-refractivity contribution in [2.24, 2.45) is 0 Å². The summed E-state index contributed by atoms with van der Waals surface area (Å²) < 4.78 is 0. The molecule has 0 aliphatic rings. The SMILES string of the molecule is Cc1cc(N)cc(C(=O)Nc2nc(C)c(C)s2)c1. The molecular weight excluding hydrogens is 246 g/mol. The van der Waals surface area contributed by atoms with Crippen LogP contribution in [0.15, 0.2) is 18.2 Å². The highest BCUT2D eigenvalue weighted by atomic mass is 32.1. The summed E-state index contributed by atoms with van der Waals surface area (Å²) in [6.45, 7) is 5.81. The molecule has 0 spiro atoms. The highest BCUT2D eigenvalue weighted by Crippen LogP contribution is 2.22. The third-order valence-corrected chi connectivity index (χ3v) is 3.60. The zero-order valence-corrected chi connectivity index (χ0v) is 11.4. The van der Waals surface area contributed by atoms with Crippen LogP contribution in [0.3, 0.4) is 0 Å². The minimum atomic E-state index is -0.181. The maximum atomic E-state index is 12.0. The number of hydrogen-bond acceptors (Lipinski definition) is 4. The number of amides is 1. The van der Waals surface area contributed by atoms with Gasteiger partial charge < -0.3 is 5.73 Å². The molecule has 0 bridgehead atoms. The Hall–Kier alpha value is -1.88. The summed E-state index contributed by atoms with van der Waals surface area (Å²) in [5.41, 5.74) is 8.78. The van der Waals surface area contributed by atoms with Gasteiger partial charge in [0.2, 0.25) is 0 Å². The molecule has 5 heteroatoms. The fourth-order valence-corrected chi connectivity index (χ4v) is 2.45. The number of rotatable bonds is 2. The van der Waals surface area contributed by atoms with Gasteiger partial charge in [0, 0.05) is 16.1 Å². The van der Waals surface area contributed by atoms with E-state index < -0.39 is 0 Å². The summed E-state index contributed by atoms with van der Waals surface area (Å²) in [6.07, 6.45) is 0. The standard InChI is InChI=1S/C13H15N3OS/c1-7-4-10(6-11(14)5-7)12(17)16-13-15-8(2)9(3)18-13/h4-6H,14H2,1-3H3,(H,15,16,17). The first-order valence-corrected chi connectivity index (χ1v) is 6.40. The number of benzene rings is 1. The van der Waals surface area contributed by atoms with Crippen molar-refractivity contribution in [3.8, 4) is 0 Å². The van der Waals surface area contributed by atoms with Gasteiger partial charge in [-0.2, -0.15) is 0 Å². The van der Waals surface area contributed by atoms with Crippen LogP contribution < -0.4 is 11.1 Å². The van der Waals surface area contributed by atoms with Crippen molar-refractivity contribution < 1.29 is 4.79 Å². The molecule has 0 aliphatic carbocycles. The Kier molecular flexibility index (Phi) is 3.34. The Bertz CT molecular complexity index is 565. The lowest BCUT2D eigenvalue weighted by atomic mass is 10.1. The second kappa shape index (κ2) is 4.78. The predicted molar refractivity (Wildman–Crippen MR) is 75.1 cm³/mol. The molecule has 3 N–H and O–H groups in total. The molecule has 0 saturated heterocycles. The van der Waals surface area contributed by atoms with E-state index in [9.17, 15) is 4.79 Å². The Balaban J connectivity index is 2.21. The van der Waals surface area contributed by atoms with E-state index in [2.05, 4.69) is 10.3 Å². The van der Waals surface area contributed by atoms with Gasteiger partial charge in [-0.25, -0.2) is 4.98 Å². The van der Waals surface area contributed by atoms with E-state index in [0.29, 0.717) is 16.4 Å². The Morgan fingerprint density at radius 1 is 1.28 bits per heavy atom. The summed E-state index contributed by atoms with van der Waals surface area (Å²) in [6, 6.07) is 5.29. The van der Waals surface area contributed by atoms with Crippen molar-refractivity contribution in [2.45, 2.75) is 20.8 Å². The van der Waals surface area contributed by atoms with Crippen molar-refractivity contribution in [1.29, 1.82) is 0 Å². The molecule has 2 aromatic rings. The number of aryl methyl sites for hydroxylation is 3. The third-order valence-electron chi connectivity index (χ3n) is 2.61. The second-order valence-corrected chi connectivity index (χ2v) is 5.45. The molecule has 0 radical (unpaired) electrons. The lowest BCUT2D eigenvalue weighted by molar-refractivity contribution is 0.102. The summed E-state index contributed by atoms with van der Waals surface area (Å²) >= 11 is 1.47. The highest BCUT2D eigenvalue weighted by Gasteiger charge is 2.10. The van der Waals surface area contributed by atoms with Crippen molar-refractivity contribution in [1.82, 2.24) is 4.98 Å². The number of aromatic nitrogens is 1. The Morgan fingerprint density at radius 2 is 2.00 bits per heavy atom. The normalized spacial score (nSPS) is 10.4. The largest absolute Gasteiger partial charge is 0.399 e. The molecule has 0 atom stereocenters. The van der Waals surface area contributed by atoms with Crippen molar-refractivity contribution >= 4 is 28.1 Å². The van der Waals surface area contributed by atoms with Gasteiger partial charge in [0.05, 0.1) is 5.69 Å². The first-order chi connectivity index (χ1) is 8.45. The van der Waals surface area contributed by atoms with E-state index in [-0.39, 0.29) is 5.91 Å². The zero-order valence-electron chi connectivity index (χ0n) is 10.6. The molecule has 94 valence electrons. The topological polar surface area (TPSA) is 68.0 Å². The summed E-state index contributed by atoms with van der Waals surface area (Å²) in [5, 5.41) is 3.41. The van der Waals surface area contributed by atoms with Gasteiger partial charge >= 0.3 is 0 Å². The molecule has 1 amide bonds. The Morgan fingerprint density at radius 3 is 2.56 bits per heavy atom. The smallest absolute Gasteiger partial charge is 0.257 e. The van der Waals surface area contributed by atoms with Crippen LogP contribution in [0, 0.1) is 20.8 Å². The van der Waals surface area contributed by atoms with Crippen LogP contribution in [-0.4, -0.2) is 10.9 Å². The van der Waals surface area contributed by atoms with Crippen molar-refractivity contribution in [3.05, 3.63) is 39.9 Å². The minimum absolute atomic E-state index is 0.181. The van der Waals surface area contributed by atoms with Gasteiger partial charge in [-0.05, 0) is 44.5 Å². The fraction of sp³-hybridized carbons (Fsp3) is 0.231. The van der Waals surface area contributed by atoms with E-state index in [1.807, 2.05) is 26.8 Å². The van der Waals surface area contributed by atoms with Crippen molar-refractivity contribution in [2.75, 3.05) is 11.1 Å². The van der Waals surface area contributed by atoms with E-state index in [1.165, 1.54) is 11.3 Å². The quantitative estimate of drug-likeness (QED) is 0.817. The van der Waals surface area contributed by atoms with Crippen LogP contribution in [0.4, 0.5) is 10.8 Å². The fourth-order valence-electron chi connectivity index (χ4n) is 1.64. The monoisotopic (exact) mass is 261 g/mol. The van der Waals surface area contributed by atoms with E-state index >= 15 is 0 Å². The molecule has 0 fully saturated rings. The number of nitrogens with one attached hydrogen (secondary N) is 1. The lowest BCUT2D eigenvalue weighted by Gasteiger charge is -2.04. The van der Waals surface area contributed by atoms with E-state index in [1.54, 1.807) is 12.1 Å². The number of nitrogens with zero attached hydrogens (tertiary/aromatic N) is 1. The number of nitrogen functional groups attached to an aromatic ring is 1. The maximum Gasteiger partial charge on any atom is 0.257 e. The van der Waals surface area contributed by atoms with Crippen LogP contribution in [0.1, 0.15) is 26.5 Å². The highest BCUT2D eigenvalue weighted by molar-refractivity contribution is 7.15. The van der Waals surface area contributed by atoms with Crippen LogP contribution in [0.5, 0.6) is 0 Å². The molecule has 1 aromatic carbocycles. The van der Waals surface area contributed by atoms with Gasteiger partial charge in [-0.3, -0.25) is 10.1 Å². The van der Waals surface area contributed by atoms with Crippen molar-refractivity contribution in [3.63, 3.8) is 0 Å². The number of hydrogen-bond donors (Lipinski definition) is 2. The second-order valence-electron chi connectivity index (χ2n) is 4.25. The van der Waals surface area contributed by atoms with Crippen LogP contribution in [0.25, 0.3) is 0 Å². The first kappa shape index (κ1) is 12.6. The molecule has 2 rings (SSSR count). The van der Waals surface area contributed by atoms with E-state index in [0.717, 1.165) is 16.1 Å². The van der Waals surface area contributed by atoms with Gasteiger partial charge in [0.1, 0.15) is 0 Å². The minimum Gasteiger partial charge on any atom is -0.399 e. The molecule has 1 aromatic heterocycles. The number of anilines is 2. The number of thiazole rings is 1. The number of nitrogens with two attached hydrogens (primary N) is 1. The molecule has 1 heterocycles. The lowest BCUT2D eigenvalue weighted by Crippen LogP contribution is -2.12. The average Bonchev–Trinajstić information content (AvgIpc) is 2.56. The number of carbonyl (C=O) groups is 1. The summed E-state index contributed by atoms with van der Waals surface area (Å²) in [4.78, 5) is 17.4. The predicted octanol–water partition coefficient (Wildman–Crippen LogP) is 2.90. The number of carbonyl (C=O) groups excluding carboxylic acids is 1. The first-order valence-electron chi connectivity index (χ1n) is 5.58. The van der Waals surface area contributed by atoms with Crippen LogP contribution >= 0.6 is 11.3 Å².